The van der Waals surface area contributed by atoms with Gasteiger partial charge in [0.2, 0.25) is 0 Å². The Hall–Kier alpha value is 0. The van der Waals surface area contributed by atoms with Crippen LogP contribution in [0.15, 0.2) is 0 Å². The molecular weight excluding hydrogens is 192 g/mol. The molecule has 0 aromatic carbocycles. The number of hydrogen-bond acceptors (Lipinski definition) is 0. The van der Waals surface area contributed by atoms with Crippen molar-refractivity contribution in [1.29, 1.82) is 0 Å². The Kier molecular flexibility index (Phi) is 0.854. The number of fused-ring (bicyclic) bond motifs is 10. The third-order valence-corrected chi connectivity index (χ3v) is 9.12. The summed E-state index contributed by atoms with van der Waals surface area (Å²) in [6.07, 6.45) is 6.60. The lowest BCUT2D eigenvalue weighted by Gasteiger charge is -2.86. The lowest BCUT2D eigenvalue weighted by molar-refractivity contribution is -0.389. The maximum Gasteiger partial charge on any atom is -0.0312 e. The Morgan fingerprint density at radius 2 is 0.875 bits per heavy atom. The molecule has 8 aliphatic rings. The highest BCUT2D eigenvalue weighted by atomic mass is 14.9. The summed E-state index contributed by atoms with van der Waals surface area (Å²) in [5.74, 6) is 15.4. The van der Waals surface area contributed by atoms with Crippen molar-refractivity contribution in [1.82, 2.24) is 0 Å². The van der Waals surface area contributed by atoms with E-state index in [0.29, 0.717) is 0 Å². The molecule has 0 amide bonds. The van der Waals surface area contributed by atoms with Crippen molar-refractivity contribution >= 4 is 0 Å². The molecule has 0 heterocycles. The second-order valence-electron chi connectivity index (χ2n) is 8.52. The average molecular weight is 212 g/mol. The summed E-state index contributed by atoms with van der Waals surface area (Å²) in [7, 11) is 0. The molecule has 10 unspecified atom stereocenters. The van der Waals surface area contributed by atoms with Crippen LogP contribution in [0.4, 0.5) is 0 Å². The van der Waals surface area contributed by atoms with Crippen molar-refractivity contribution in [2.24, 2.45) is 71.0 Å². The van der Waals surface area contributed by atoms with Gasteiger partial charge in [0.15, 0.2) is 0 Å². The fourth-order valence-corrected chi connectivity index (χ4v) is 8.77. The van der Waals surface area contributed by atoms with Gasteiger partial charge in [-0.1, -0.05) is 0 Å². The minimum Gasteiger partial charge on any atom is -0.0496 e. The van der Waals surface area contributed by atoms with E-state index in [0.717, 1.165) is 0 Å². The van der Waals surface area contributed by atoms with Gasteiger partial charge in [-0.05, 0) is 96.7 Å². The summed E-state index contributed by atoms with van der Waals surface area (Å²) in [6.45, 7) is 0. The third-order valence-electron chi connectivity index (χ3n) is 9.12. The Bertz CT molecular complexity index is 382. The highest BCUT2D eigenvalue weighted by Crippen LogP contribution is 2.89. The van der Waals surface area contributed by atoms with Gasteiger partial charge >= 0.3 is 0 Å². The predicted molar refractivity (Wildman–Crippen MR) is 60.3 cm³/mol. The first-order valence-electron chi connectivity index (χ1n) is 7.95. The van der Waals surface area contributed by atoms with Crippen LogP contribution in [-0.4, -0.2) is 0 Å². The van der Waals surface area contributed by atoms with Gasteiger partial charge < -0.3 is 0 Å². The van der Waals surface area contributed by atoms with Gasteiger partial charge in [-0.15, -0.1) is 0 Å². The molecule has 84 valence electrons. The van der Waals surface area contributed by atoms with Crippen LogP contribution < -0.4 is 0 Å². The Morgan fingerprint density at radius 1 is 0.438 bits per heavy atom. The fourth-order valence-electron chi connectivity index (χ4n) is 8.77. The first-order chi connectivity index (χ1) is 7.95. The summed E-state index contributed by atoms with van der Waals surface area (Å²) < 4.78 is 0. The second kappa shape index (κ2) is 1.84. The second-order valence-corrected chi connectivity index (χ2v) is 8.52. The zero-order valence-electron chi connectivity index (χ0n) is 9.76. The summed E-state index contributed by atoms with van der Waals surface area (Å²) in [4.78, 5) is 0. The van der Waals surface area contributed by atoms with E-state index in [1.807, 2.05) is 0 Å². The van der Waals surface area contributed by atoms with Gasteiger partial charge in [-0.3, -0.25) is 0 Å². The van der Waals surface area contributed by atoms with Crippen molar-refractivity contribution in [3.05, 3.63) is 0 Å². The van der Waals surface area contributed by atoms with E-state index in [1.54, 1.807) is 25.7 Å². The van der Waals surface area contributed by atoms with E-state index in [1.165, 1.54) is 71.0 Å². The molecule has 0 N–H and O–H groups in total. The molecule has 8 aliphatic carbocycles. The quantitative estimate of drug-likeness (QED) is 0.541. The maximum atomic E-state index is 1.67. The minimum atomic E-state index is 1.24. The molecule has 0 saturated heterocycles. The van der Waals surface area contributed by atoms with E-state index >= 15 is 0 Å². The van der Waals surface area contributed by atoms with Gasteiger partial charge in [-0.25, -0.2) is 0 Å². The van der Waals surface area contributed by atoms with Crippen LogP contribution in [0.3, 0.4) is 0 Å². The molecule has 0 spiro atoms. The van der Waals surface area contributed by atoms with E-state index < -0.39 is 0 Å². The van der Waals surface area contributed by atoms with E-state index in [2.05, 4.69) is 0 Å². The standard InChI is InChI=1S/C16H20/c1-2-8-7(1)11-12(8)16-14-10-6-3-5(4-6)9(10)13(14)15(11)16/h5-16H,1-4H2. The maximum absolute atomic E-state index is 1.67. The lowest BCUT2D eigenvalue weighted by atomic mass is 9.19. The van der Waals surface area contributed by atoms with Crippen molar-refractivity contribution in [3.8, 4) is 0 Å². The summed E-state index contributed by atoms with van der Waals surface area (Å²) in [5, 5.41) is 0. The summed E-state index contributed by atoms with van der Waals surface area (Å²) in [6, 6.07) is 0. The van der Waals surface area contributed by atoms with Crippen molar-refractivity contribution in [2.75, 3.05) is 0 Å². The Balaban J connectivity index is 1.31. The topological polar surface area (TPSA) is 0 Å². The monoisotopic (exact) mass is 212 g/mol. The van der Waals surface area contributed by atoms with Crippen LogP contribution in [0.2, 0.25) is 0 Å². The van der Waals surface area contributed by atoms with Gasteiger partial charge in [0.25, 0.3) is 0 Å². The van der Waals surface area contributed by atoms with E-state index in [4.69, 9.17) is 0 Å². The first kappa shape index (κ1) is 7.44. The third kappa shape index (κ3) is 0.444. The van der Waals surface area contributed by atoms with Crippen LogP contribution >= 0.6 is 0 Å². The molecule has 16 heavy (non-hydrogen) atoms. The first-order valence-corrected chi connectivity index (χ1v) is 7.95. The van der Waals surface area contributed by atoms with Gasteiger partial charge in [0, 0.05) is 0 Å². The van der Waals surface area contributed by atoms with Crippen molar-refractivity contribution in [3.63, 3.8) is 0 Å². The molecule has 8 saturated carbocycles. The van der Waals surface area contributed by atoms with Crippen LogP contribution in [0, 0.1) is 71.0 Å². The zero-order chi connectivity index (χ0) is 9.76. The summed E-state index contributed by atoms with van der Waals surface area (Å²) >= 11 is 0. The zero-order valence-corrected chi connectivity index (χ0v) is 9.76. The van der Waals surface area contributed by atoms with Crippen molar-refractivity contribution in [2.45, 2.75) is 25.7 Å². The normalized spacial score (nSPS) is 87.0. The number of hydrogen-bond donors (Lipinski definition) is 0. The van der Waals surface area contributed by atoms with Crippen LogP contribution in [0.25, 0.3) is 0 Å². The van der Waals surface area contributed by atoms with Crippen LogP contribution in [0.1, 0.15) is 25.7 Å². The molecule has 2 bridgehead atoms. The molecule has 0 aromatic heterocycles. The highest BCUT2D eigenvalue weighted by Gasteiger charge is 2.85. The molecule has 0 heteroatoms. The molecular formula is C16H20. The molecule has 8 rings (SSSR count). The smallest absolute Gasteiger partial charge is 0.0312 e. The van der Waals surface area contributed by atoms with Crippen LogP contribution in [-0.2, 0) is 0 Å². The molecule has 0 nitrogen and oxygen atoms in total. The van der Waals surface area contributed by atoms with Gasteiger partial charge in [0.1, 0.15) is 0 Å². The van der Waals surface area contributed by atoms with Gasteiger partial charge in [-0.2, -0.15) is 0 Å². The van der Waals surface area contributed by atoms with Crippen molar-refractivity contribution < 1.29 is 0 Å². The van der Waals surface area contributed by atoms with E-state index in [9.17, 15) is 0 Å². The molecule has 10 atom stereocenters. The summed E-state index contributed by atoms with van der Waals surface area (Å²) in [5.41, 5.74) is 0. The lowest BCUT2D eigenvalue weighted by Crippen LogP contribution is -2.82. The van der Waals surface area contributed by atoms with Gasteiger partial charge in [0.05, 0.1) is 0 Å². The van der Waals surface area contributed by atoms with Crippen LogP contribution in [0.5, 0.6) is 0 Å². The molecule has 0 aromatic rings. The Morgan fingerprint density at radius 3 is 1.31 bits per heavy atom. The average Bonchev–Trinajstić information content (AvgIpc) is 2.60. The highest BCUT2D eigenvalue weighted by molar-refractivity contribution is 5.32. The predicted octanol–water partition coefficient (Wildman–Crippen LogP) is 3.04. The molecule has 0 radical (unpaired) electrons. The fraction of sp³-hybridized carbons (Fsp3) is 1.00. The SMILES string of the molecule is C1C2CC1C1C2C2C1C1C3C4CCC4C3C21. The number of rotatable bonds is 0. The Labute approximate surface area is 97.2 Å². The van der Waals surface area contributed by atoms with E-state index in [-0.39, 0.29) is 0 Å². The minimum absolute atomic E-state index is 1.24. The molecule has 8 fully saturated rings. The molecule has 0 aliphatic heterocycles. The largest absolute Gasteiger partial charge is 0.0496 e.